The number of anilines is 1. The number of halogens is 1. The van der Waals surface area contributed by atoms with E-state index in [1.807, 2.05) is 36.1 Å². The molecule has 0 radical (unpaired) electrons. The summed E-state index contributed by atoms with van der Waals surface area (Å²) < 4.78 is 0. The van der Waals surface area contributed by atoms with Crippen LogP contribution in [0.4, 0.5) is 10.5 Å². The zero-order chi connectivity index (χ0) is 17.7. The van der Waals surface area contributed by atoms with Crippen molar-refractivity contribution in [2.24, 2.45) is 4.99 Å². The first-order valence-corrected chi connectivity index (χ1v) is 8.86. The Balaban J connectivity index is 1.66. The van der Waals surface area contributed by atoms with Gasteiger partial charge in [-0.3, -0.25) is 9.69 Å². The molecule has 3 aliphatic rings. The van der Waals surface area contributed by atoms with Gasteiger partial charge in [0.2, 0.25) is 5.96 Å². The topological polar surface area (TPSA) is 59.5 Å². The number of hydrogen-bond acceptors (Lipinski definition) is 5. The number of likely N-dealkylation sites (N-methyl/N-ethyl adjacent to an activating group) is 1. The summed E-state index contributed by atoms with van der Waals surface area (Å²) in [7, 11) is 1.72. The van der Waals surface area contributed by atoms with Crippen molar-refractivity contribution in [1.82, 2.24) is 14.7 Å². The highest BCUT2D eigenvalue weighted by atomic mass is 35.5. The Bertz CT molecular complexity index is 750. The lowest BCUT2D eigenvalue weighted by Gasteiger charge is -2.40. The summed E-state index contributed by atoms with van der Waals surface area (Å²) in [6, 6.07) is 6.86. The van der Waals surface area contributed by atoms with Crippen molar-refractivity contribution < 1.29 is 9.59 Å². The van der Waals surface area contributed by atoms with Crippen molar-refractivity contribution in [1.29, 1.82) is 0 Å². The van der Waals surface area contributed by atoms with Gasteiger partial charge in [-0.05, 0) is 30.7 Å². The summed E-state index contributed by atoms with van der Waals surface area (Å²) in [6.45, 7) is 3.86. The molecule has 3 heterocycles. The number of amides is 3. The lowest BCUT2D eigenvalue weighted by molar-refractivity contribution is -0.137. The Morgan fingerprint density at radius 1 is 1.20 bits per heavy atom. The molecule has 2 saturated heterocycles. The fourth-order valence-corrected chi connectivity index (χ4v) is 3.86. The van der Waals surface area contributed by atoms with Crippen LogP contribution in [0.15, 0.2) is 29.3 Å². The fourth-order valence-electron chi connectivity index (χ4n) is 3.73. The molecule has 8 heteroatoms. The fraction of sp³-hybridized carbons (Fsp3) is 0.471. The van der Waals surface area contributed by atoms with Gasteiger partial charge in [-0.2, -0.15) is 0 Å². The highest BCUT2D eigenvalue weighted by Gasteiger charge is 2.54. The number of aliphatic imine (C=N–C) groups is 1. The third-order valence-corrected chi connectivity index (χ3v) is 5.21. The van der Waals surface area contributed by atoms with E-state index in [4.69, 9.17) is 16.6 Å². The van der Waals surface area contributed by atoms with Gasteiger partial charge in [-0.25, -0.2) is 9.79 Å². The first-order valence-electron chi connectivity index (χ1n) is 8.48. The molecule has 25 heavy (non-hydrogen) atoms. The molecule has 2 unspecified atom stereocenters. The maximum atomic E-state index is 12.9. The number of carbonyl (C=O) groups is 2. The second kappa shape index (κ2) is 5.91. The van der Waals surface area contributed by atoms with Crippen LogP contribution in [-0.4, -0.2) is 71.5 Å². The highest BCUT2D eigenvalue weighted by Crippen LogP contribution is 2.33. The molecule has 0 aromatic heterocycles. The molecule has 0 aliphatic carbocycles. The average molecular weight is 362 g/mol. The van der Waals surface area contributed by atoms with Crippen molar-refractivity contribution in [2.75, 3.05) is 31.6 Å². The van der Waals surface area contributed by atoms with Crippen LogP contribution in [0.3, 0.4) is 0 Å². The van der Waals surface area contributed by atoms with Gasteiger partial charge in [0.15, 0.2) is 12.2 Å². The van der Waals surface area contributed by atoms with E-state index in [0.717, 1.165) is 24.6 Å². The summed E-state index contributed by atoms with van der Waals surface area (Å²) in [4.78, 5) is 37.1. The van der Waals surface area contributed by atoms with E-state index < -0.39 is 12.2 Å². The summed E-state index contributed by atoms with van der Waals surface area (Å²) in [5, 5.41) is 0.678. The van der Waals surface area contributed by atoms with Crippen molar-refractivity contribution in [3.05, 3.63) is 29.3 Å². The second-order valence-corrected chi connectivity index (χ2v) is 6.93. The molecule has 2 fully saturated rings. The number of carbonyl (C=O) groups excluding carboxylic acids is 2. The van der Waals surface area contributed by atoms with Gasteiger partial charge in [0.25, 0.3) is 5.91 Å². The maximum Gasteiger partial charge on any atom is 0.328 e. The Hall–Kier alpha value is -2.28. The van der Waals surface area contributed by atoms with Gasteiger partial charge in [0, 0.05) is 37.4 Å². The van der Waals surface area contributed by atoms with Gasteiger partial charge in [0.1, 0.15) is 0 Å². The van der Waals surface area contributed by atoms with E-state index in [1.54, 1.807) is 11.9 Å². The minimum atomic E-state index is -0.460. The molecule has 3 amide bonds. The molecular weight excluding hydrogens is 342 g/mol. The van der Waals surface area contributed by atoms with Crippen LogP contribution < -0.4 is 4.90 Å². The van der Waals surface area contributed by atoms with Crippen LogP contribution in [0.25, 0.3) is 0 Å². The predicted octanol–water partition coefficient (Wildman–Crippen LogP) is 1.83. The van der Waals surface area contributed by atoms with Crippen molar-refractivity contribution in [3.8, 4) is 0 Å². The molecule has 1 aromatic rings. The van der Waals surface area contributed by atoms with Crippen LogP contribution in [0.2, 0.25) is 5.02 Å². The smallest absolute Gasteiger partial charge is 0.325 e. The van der Waals surface area contributed by atoms with Crippen LogP contribution in [0.1, 0.15) is 13.3 Å². The Morgan fingerprint density at radius 3 is 2.60 bits per heavy atom. The minimum absolute atomic E-state index is 0.147. The maximum absolute atomic E-state index is 12.9. The van der Waals surface area contributed by atoms with Crippen LogP contribution in [0.5, 0.6) is 0 Å². The van der Waals surface area contributed by atoms with Crippen LogP contribution >= 0.6 is 11.6 Å². The second-order valence-electron chi connectivity index (χ2n) is 6.49. The van der Waals surface area contributed by atoms with Crippen LogP contribution in [-0.2, 0) is 4.79 Å². The van der Waals surface area contributed by atoms with E-state index in [-0.39, 0.29) is 11.9 Å². The highest BCUT2D eigenvalue weighted by molar-refractivity contribution is 6.30. The average Bonchev–Trinajstić information content (AvgIpc) is 3.17. The molecule has 0 N–H and O–H groups in total. The van der Waals surface area contributed by atoms with E-state index in [1.165, 1.54) is 4.90 Å². The first kappa shape index (κ1) is 16.2. The molecular formula is C17H20ClN5O2. The van der Waals surface area contributed by atoms with Gasteiger partial charge in [-0.15, -0.1) is 0 Å². The predicted molar refractivity (Wildman–Crippen MR) is 95.7 cm³/mol. The standard InChI is InChI=1S/C17H20ClN5O2/c1-3-8-23-15(24)13-14(20(2)17(23)25)19-16-21(9-10-22(13)16)12-6-4-11(18)5-7-12/h4-7,13-14H,3,8-10H2,1-2H3. The quantitative estimate of drug-likeness (QED) is 0.824. The van der Waals surface area contributed by atoms with Crippen LogP contribution in [0, 0.1) is 0 Å². The monoisotopic (exact) mass is 361 g/mol. The first-order chi connectivity index (χ1) is 12.0. The largest absolute Gasteiger partial charge is 0.328 e. The van der Waals surface area contributed by atoms with Gasteiger partial charge < -0.3 is 14.7 Å². The molecule has 0 spiro atoms. The lowest BCUT2D eigenvalue weighted by Crippen LogP contribution is -2.64. The van der Waals surface area contributed by atoms with E-state index in [2.05, 4.69) is 4.90 Å². The van der Waals surface area contributed by atoms with E-state index in [9.17, 15) is 9.59 Å². The molecule has 4 rings (SSSR count). The number of hydrogen-bond donors (Lipinski definition) is 0. The zero-order valence-electron chi connectivity index (χ0n) is 14.2. The zero-order valence-corrected chi connectivity index (χ0v) is 15.0. The Labute approximate surface area is 151 Å². The lowest BCUT2D eigenvalue weighted by atomic mass is 10.1. The normalized spacial score (nSPS) is 25.5. The molecule has 132 valence electrons. The SMILES string of the molecule is CCCN1C(=O)C2C(N=C3N(c4ccc(Cl)cc4)CCN32)N(C)C1=O. The summed E-state index contributed by atoms with van der Waals surface area (Å²) in [6.07, 6.45) is 0.283. The molecule has 0 bridgehead atoms. The number of benzene rings is 1. The Kier molecular flexibility index (Phi) is 3.83. The van der Waals surface area contributed by atoms with Gasteiger partial charge >= 0.3 is 6.03 Å². The summed E-state index contributed by atoms with van der Waals surface area (Å²) >= 11 is 5.98. The number of guanidine groups is 1. The summed E-state index contributed by atoms with van der Waals surface area (Å²) in [5.41, 5.74) is 0.983. The van der Waals surface area contributed by atoms with Gasteiger partial charge in [0.05, 0.1) is 0 Å². The number of rotatable bonds is 3. The Morgan fingerprint density at radius 2 is 1.92 bits per heavy atom. The molecule has 3 aliphatic heterocycles. The number of urea groups is 1. The third-order valence-electron chi connectivity index (χ3n) is 4.96. The number of fused-ring (bicyclic) bond motifs is 3. The molecule has 7 nitrogen and oxygen atoms in total. The minimum Gasteiger partial charge on any atom is -0.325 e. The van der Waals surface area contributed by atoms with Crippen molar-refractivity contribution in [3.63, 3.8) is 0 Å². The van der Waals surface area contributed by atoms with Crippen molar-refractivity contribution >= 4 is 35.2 Å². The molecule has 2 atom stereocenters. The number of nitrogens with zero attached hydrogens (tertiary/aromatic N) is 5. The van der Waals surface area contributed by atoms with Crippen molar-refractivity contribution in [2.45, 2.75) is 25.6 Å². The number of imide groups is 1. The van der Waals surface area contributed by atoms with E-state index in [0.29, 0.717) is 18.1 Å². The molecule has 1 aromatic carbocycles. The summed E-state index contributed by atoms with van der Waals surface area (Å²) in [5.74, 6) is 0.607. The van der Waals surface area contributed by atoms with E-state index >= 15 is 0 Å². The van der Waals surface area contributed by atoms with Gasteiger partial charge in [-0.1, -0.05) is 18.5 Å². The molecule has 0 saturated carbocycles. The third kappa shape index (κ3) is 2.37.